The number of imidazole rings is 1. The van der Waals surface area contributed by atoms with Gasteiger partial charge in [-0.25, -0.2) is 4.98 Å². The fourth-order valence-electron chi connectivity index (χ4n) is 1.93. The second kappa shape index (κ2) is 4.83. The van der Waals surface area contributed by atoms with E-state index in [9.17, 15) is 0 Å². The van der Waals surface area contributed by atoms with Crippen LogP contribution in [0.3, 0.4) is 0 Å². The van der Waals surface area contributed by atoms with Gasteiger partial charge in [-0.2, -0.15) is 5.26 Å². The van der Waals surface area contributed by atoms with E-state index in [1.807, 2.05) is 30.3 Å². The lowest BCUT2D eigenvalue weighted by molar-refractivity contribution is 1.33. The minimum absolute atomic E-state index is 0.567. The predicted molar refractivity (Wildman–Crippen MR) is 84.0 cm³/mol. The van der Waals surface area contributed by atoms with Crippen LogP contribution in [-0.2, 0) is 0 Å². The molecule has 3 rings (SSSR count). The lowest BCUT2D eigenvalue weighted by atomic mass is 10.2. The first-order valence-electron chi connectivity index (χ1n) is 5.53. The molecule has 0 aliphatic heterocycles. The Morgan fingerprint density at radius 2 is 2.11 bits per heavy atom. The molecule has 92 valence electrons. The summed E-state index contributed by atoms with van der Waals surface area (Å²) in [6, 6.07) is 13.3. The van der Waals surface area contributed by atoms with Gasteiger partial charge in [-0.3, -0.25) is 0 Å². The van der Waals surface area contributed by atoms with Gasteiger partial charge in [-0.05, 0) is 52.9 Å². The van der Waals surface area contributed by atoms with Crippen molar-refractivity contribution in [3.63, 3.8) is 0 Å². The van der Waals surface area contributed by atoms with Gasteiger partial charge >= 0.3 is 0 Å². The highest BCUT2D eigenvalue weighted by Gasteiger charge is 2.11. The Hall–Kier alpha value is -1.58. The van der Waals surface area contributed by atoms with Gasteiger partial charge in [-0.15, -0.1) is 0 Å². The zero-order valence-corrected chi connectivity index (χ0v) is 12.5. The third-order valence-electron chi connectivity index (χ3n) is 2.82. The molecule has 0 radical (unpaired) electrons. The number of rotatable bonds is 1. The summed E-state index contributed by atoms with van der Waals surface area (Å²) in [7, 11) is 0. The molecule has 0 amide bonds. The molecule has 0 bridgehead atoms. The quantitative estimate of drug-likeness (QED) is 0.639. The number of benzene rings is 2. The maximum absolute atomic E-state index is 9.09. The molecular weight excluding hydrogens is 373 g/mol. The minimum atomic E-state index is 0.567. The van der Waals surface area contributed by atoms with Gasteiger partial charge < -0.3 is 4.98 Å². The summed E-state index contributed by atoms with van der Waals surface area (Å²) in [5, 5.41) is 9.75. The largest absolute Gasteiger partial charge is 0.338 e. The van der Waals surface area contributed by atoms with Crippen LogP contribution in [0.4, 0.5) is 0 Å². The van der Waals surface area contributed by atoms with Crippen LogP contribution in [0.15, 0.2) is 36.4 Å². The number of aromatic nitrogens is 2. The molecule has 3 aromatic rings. The van der Waals surface area contributed by atoms with E-state index in [1.54, 1.807) is 6.07 Å². The highest BCUT2D eigenvalue weighted by molar-refractivity contribution is 14.1. The molecule has 19 heavy (non-hydrogen) atoms. The summed E-state index contributed by atoms with van der Waals surface area (Å²) < 4.78 is 1.06. The molecule has 0 unspecified atom stereocenters. The normalized spacial score (nSPS) is 10.6. The average Bonchev–Trinajstić information content (AvgIpc) is 2.85. The maximum Gasteiger partial charge on any atom is 0.139 e. The highest BCUT2D eigenvalue weighted by atomic mass is 127. The zero-order valence-electron chi connectivity index (χ0n) is 9.61. The number of halogens is 2. The third kappa shape index (κ3) is 2.20. The smallest absolute Gasteiger partial charge is 0.139 e. The second-order valence-electron chi connectivity index (χ2n) is 4.02. The summed E-state index contributed by atoms with van der Waals surface area (Å²) in [6.45, 7) is 0. The van der Waals surface area contributed by atoms with Crippen molar-refractivity contribution >= 4 is 45.2 Å². The number of H-pyrrole nitrogens is 1. The number of para-hydroxylation sites is 1. The first-order valence-corrected chi connectivity index (χ1v) is 6.99. The molecule has 3 nitrogen and oxygen atoms in total. The number of nitrogens with one attached hydrogen (secondary N) is 1. The monoisotopic (exact) mass is 379 g/mol. The van der Waals surface area contributed by atoms with E-state index in [0.29, 0.717) is 16.1 Å². The number of hydrogen-bond donors (Lipinski definition) is 1. The molecule has 0 spiro atoms. The molecule has 0 aliphatic carbocycles. The molecule has 0 atom stereocenters. The van der Waals surface area contributed by atoms with Crippen LogP contribution in [0.5, 0.6) is 0 Å². The van der Waals surface area contributed by atoms with E-state index < -0.39 is 0 Å². The number of fused-ring (bicyclic) bond motifs is 1. The molecular formula is C14H7ClIN3. The topological polar surface area (TPSA) is 52.5 Å². The number of hydrogen-bond acceptors (Lipinski definition) is 2. The predicted octanol–water partition coefficient (Wildman–Crippen LogP) is 4.36. The minimum Gasteiger partial charge on any atom is -0.338 e. The Morgan fingerprint density at radius 1 is 1.26 bits per heavy atom. The van der Waals surface area contributed by atoms with Crippen LogP contribution < -0.4 is 0 Å². The first kappa shape index (κ1) is 12.5. The van der Waals surface area contributed by atoms with E-state index in [1.165, 1.54) is 0 Å². The van der Waals surface area contributed by atoms with Crippen molar-refractivity contribution in [1.29, 1.82) is 5.26 Å². The van der Waals surface area contributed by atoms with Gasteiger partial charge in [0.05, 0.1) is 11.1 Å². The fraction of sp³-hybridized carbons (Fsp3) is 0. The first-order chi connectivity index (χ1) is 9.19. The fourth-order valence-corrected chi connectivity index (χ4v) is 2.69. The van der Waals surface area contributed by atoms with E-state index in [-0.39, 0.29) is 0 Å². The van der Waals surface area contributed by atoms with Crippen molar-refractivity contribution in [2.75, 3.05) is 0 Å². The molecule has 1 aromatic heterocycles. The zero-order chi connectivity index (χ0) is 13.4. The molecule has 2 aromatic carbocycles. The maximum atomic E-state index is 9.09. The third-order valence-corrected chi connectivity index (χ3v) is 3.99. The van der Waals surface area contributed by atoms with Crippen LogP contribution in [0.2, 0.25) is 5.02 Å². The molecule has 0 fully saturated rings. The summed E-state index contributed by atoms with van der Waals surface area (Å²) in [4.78, 5) is 7.74. The van der Waals surface area contributed by atoms with Gasteiger partial charge in [0, 0.05) is 14.2 Å². The molecule has 0 aliphatic rings. The Morgan fingerprint density at radius 3 is 2.89 bits per heavy atom. The van der Waals surface area contributed by atoms with Crippen molar-refractivity contribution in [1.82, 2.24) is 9.97 Å². The van der Waals surface area contributed by atoms with Crippen molar-refractivity contribution in [2.24, 2.45) is 0 Å². The molecule has 1 N–H and O–H groups in total. The van der Waals surface area contributed by atoms with Crippen molar-refractivity contribution < 1.29 is 0 Å². The van der Waals surface area contributed by atoms with E-state index in [2.05, 4.69) is 38.6 Å². The number of aromatic amines is 1. The van der Waals surface area contributed by atoms with E-state index in [0.717, 1.165) is 20.5 Å². The van der Waals surface area contributed by atoms with Crippen LogP contribution in [0.25, 0.3) is 22.4 Å². The number of nitriles is 1. The number of nitrogens with zero attached hydrogens (tertiary/aromatic N) is 2. The summed E-state index contributed by atoms with van der Waals surface area (Å²) in [5.74, 6) is 0.726. The van der Waals surface area contributed by atoms with Crippen molar-refractivity contribution in [2.45, 2.75) is 0 Å². The lowest BCUT2D eigenvalue weighted by Crippen LogP contribution is -1.85. The van der Waals surface area contributed by atoms with Gasteiger partial charge in [0.1, 0.15) is 17.4 Å². The molecule has 5 heteroatoms. The molecule has 0 saturated carbocycles. The second-order valence-corrected chi connectivity index (χ2v) is 5.62. The van der Waals surface area contributed by atoms with E-state index >= 15 is 0 Å². The van der Waals surface area contributed by atoms with Gasteiger partial charge in [0.15, 0.2) is 0 Å². The van der Waals surface area contributed by atoms with Crippen LogP contribution in [-0.4, -0.2) is 9.97 Å². The van der Waals surface area contributed by atoms with E-state index in [4.69, 9.17) is 16.9 Å². The summed E-state index contributed by atoms with van der Waals surface area (Å²) in [6.07, 6.45) is 0. The average molecular weight is 380 g/mol. The Balaban J connectivity index is 2.27. The standard InChI is InChI=1S/C14H7ClIN3/c15-9-4-5-11(16)10(6-9)14-18-12-3-1-2-8(7-17)13(12)19-14/h1-6H,(H,18,19). The van der Waals surface area contributed by atoms with Crippen LogP contribution >= 0.6 is 34.2 Å². The highest BCUT2D eigenvalue weighted by Crippen LogP contribution is 2.28. The van der Waals surface area contributed by atoms with Gasteiger partial charge in [0.25, 0.3) is 0 Å². The molecule has 1 heterocycles. The molecule has 0 saturated heterocycles. The van der Waals surface area contributed by atoms with Crippen molar-refractivity contribution in [3.8, 4) is 17.5 Å². The van der Waals surface area contributed by atoms with Crippen molar-refractivity contribution in [3.05, 3.63) is 50.6 Å². The SMILES string of the molecule is N#Cc1cccc2[nH]c(-c3cc(Cl)ccc3I)nc12. The lowest BCUT2D eigenvalue weighted by Gasteiger charge is -2.01. The Kier molecular flexibility index (Phi) is 3.17. The van der Waals surface area contributed by atoms with Gasteiger partial charge in [-0.1, -0.05) is 17.7 Å². The van der Waals surface area contributed by atoms with Crippen LogP contribution in [0.1, 0.15) is 5.56 Å². The summed E-state index contributed by atoms with van der Waals surface area (Å²) >= 11 is 8.27. The summed E-state index contributed by atoms with van der Waals surface area (Å²) in [5.41, 5.74) is 3.05. The Bertz CT molecular complexity index is 817. The Labute approximate surface area is 128 Å². The van der Waals surface area contributed by atoms with Crippen LogP contribution in [0, 0.1) is 14.9 Å². The van der Waals surface area contributed by atoms with Gasteiger partial charge in [0.2, 0.25) is 0 Å².